The average Bonchev–Trinajstić information content (AvgIpc) is 3.49. The number of para-hydroxylation sites is 1. The number of nitrogens with zero attached hydrogens (tertiary/aromatic N) is 3. The van der Waals surface area contributed by atoms with Crippen LogP contribution < -0.4 is 14.4 Å². The second-order valence-corrected chi connectivity index (χ2v) is 14.7. The van der Waals surface area contributed by atoms with Gasteiger partial charge in [0.25, 0.3) is 10.1 Å². The van der Waals surface area contributed by atoms with Gasteiger partial charge in [-0.15, -0.1) is 0 Å². The van der Waals surface area contributed by atoms with Crippen molar-refractivity contribution in [1.82, 2.24) is 15.2 Å². The van der Waals surface area contributed by atoms with Gasteiger partial charge in [0, 0.05) is 47.6 Å². The van der Waals surface area contributed by atoms with Gasteiger partial charge >= 0.3 is 0 Å². The first-order valence-electron chi connectivity index (χ1n) is 16.3. The Morgan fingerprint density at radius 3 is 2.21 bits per heavy atom. The fourth-order valence-electron chi connectivity index (χ4n) is 7.05. The minimum atomic E-state index is -3.89. The number of aromatic amines is 1. The van der Waals surface area contributed by atoms with Gasteiger partial charge in [-0.05, 0) is 61.3 Å². The molecule has 1 aliphatic carbocycles. The van der Waals surface area contributed by atoms with E-state index in [4.69, 9.17) is 24.1 Å². The Bertz CT molecular complexity index is 1910. The van der Waals surface area contributed by atoms with Crippen molar-refractivity contribution in [2.24, 2.45) is 11.3 Å². The minimum absolute atomic E-state index is 0.136. The number of ether oxygens (including phenoxy) is 2. The van der Waals surface area contributed by atoms with Crippen LogP contribution in [0.15, 0.2) is 91.0 Å². The van der Waals surface area contributed by atoms with E-state index in [0.717, 1.165) is 77.7 Å². The van der Waals surface area contributed by atoms with Crippen LogP contribution in [-0.4, -0.2) is 47.0 Å². The number of nitrogens with one attached hydrogen (secondary N) is 1. The van der Waals surface area contributed by atoms with Crippen molar-refractivity contribution in [3.63, 3.8) is 0 Å². The number of hydrogen-bond donors (Lipinski definition) is 2. The molecule has 0 radical (unpaired) electrons. The van der Waals surface area contributed by atoms with Crippen molar-refractivity contribution in [2.45, 2.75) is 51.7 Å². The lowest BCUT2D eigenvalue weighted by Crippen LogP contribution is -2.57. The van der Waals surface area contributed by atoms with Crippen molar-refractivity contribution in [3.05, 3.63) is 113 Å². The van der Waals surface area contributed by atoms with Crippen LogP contribution in [0, 0.1) is 11.3 Å². The average molecular weight is 653 g/mol. The van der Waals surface area contributed by atoms with E-state index >= 15 is 0 Å². The number of hydrogen-bond acceptors (Lipinski definition) is 7. The molecule has 0 bridgehead atoms. The topological polar surface area (TPSA) is 118 Å². The normalized spacial score (nSPS) is 16.3. The van der Waals surface area contributed by atoms with Crippen molar-refractivity contribution in [1.29, 1.82) is 0 Å². The van der Waals surface area contributed by atoms with Crippen LogP contribution in [0.3, 0.4) is 0 Å². The Balaban J connectivity index is 1.05. The number of H-pyrrole nitrogens is 1. The molecule has 3 heterocycles. The number of fused-ring (bicyclic) bond motifs is 1. The Hall–Kier alpha value is -4.41. The Morgan fingerprint density at radius 1 is 0.851 bits per heavy atom. The first kappa shape index (κ1) is 31.2. The summed E-state index contributed by atoms with van der Waals surface area (Å²) in [5.41, 5.74) is 6.44. The molecule has 5 aromatic rings. The van der Waals surface area contributed by atoms with E-state index in [1.165, 1.54) is 0 Å². The molecule has 2 aliphatic rings. The summed E-state index contributed by atoms with van der Waals surface area (Å²) in [5, 5.41) is 9.17. The van der Waals surface area contributed by atoms with E-state index in [-0.39, 0.29) is 11.2 Å². The molecule has 0 amide bonds. The lowest BCUT2D eigenvalue weighted by Gasteiger charge is -2.54. The van der Waals surface area contributed by atoms with Crippen LogP contribution in [0.25, 0.3) is 10.9 Å². The highest BCUT2D eigenvalue weighted by Gasteiger charge is 2.45. The summed E-state index contributed by atoms with van der Waals surface area (Å²) in [6.45, 7) is 2.77. The summed E-state index contributed by atoms with van der Waals surface area (Å²) < 4.78 is 43.8. The van der Waals surface area contributed by atoms with Gasteiger partial charge in [-0.3, -0.25) is 9.65 Å². The van der Waals surface area contributed by atoms with Crippen molar-refractivity contribution in [3.8, 4) is 11.8 Å². The van der Waals surface area contributed by atoms with Gasteiger partial charge in [-0.1, -0.05) is 72.8 Å². The molecule has 2 aromatic heterocycles. The molecule has 1 saturated heterocycles. The second-order valence-electron chi connectivity index (χ2n) is 13.1. The third kappa shape index (κ3) is 7.44. The molecular weight excluding hydrogens is 612 g/mol. The maximum atomic E-state index is 11.2. The van der Waals surface area contributed by atoms with Gasteiger partial charge in [0.1, 0.15) is 18.7 Å². The summed E-state index contributed by atoms with van der Waals surface area (Å²) in [5.74, 6) is 1.28. The molecule has 0 unspecified atom stereocenters. The van der Waals surface area contributed by atoms with Gasteiger partial charge in [0.05, 0.1) is 11.4 Å². The van der Waals surface area contributed by atoms with Crippen LogP contribution >= 0.6 is 0 Å². The van der Waals surface area contributed by atoms with E-state index in [2.05, 4.69) is 28.2 Å². The monoisotopic (exact) mass is 652 g/mol. The van der Waals surface area contributed by atoms with E-state index in [0.29, 0.717) is 43.7 Å². The molecule has 3 aromatic carbocycles. The SMILES string of the molecule is O=S(=O)(O)CCC1CCC2(CC1)CN(c1cccc3c(Cc4ccc(OCc5ccccc5)nc4OCc4ccccc4)[nH]nc13)C2. The van der Waals surface area contributed by atoms with Crippen LogP contribution in [0.1, 0.15) is 54.5 Å². The molecule has 2 fully saturated rings. The van der Waals surface area contributed by atoms with Crippen molar-refractivity contribution >= 4 is 26.7 Å². The summed E-state index contributed by atoms with van der Waals surface area (Å²) >= 11 is 0. The van der Waals surface area contributed by atoms with Gasteiger partial charge in [0.15, 0.2) is 0 Å². The Labute approximate surface area is 275 Å². The quantitative estimate of drug-likeness (QED) is 0.139. The summed E-state index contributed by atoms with van der Waals surface area (Å²) in [4.78, 5) is 7.20. The molecule has 47 heavy (non-hydrogen) atoms. The van der Waals surface area contributed by atoms with Gasteiger partial charge < -0.3 is 14.4 Å². The first-order chi connectivity index (χ1) is 22.8. The summed E-state index contributed by atoms with van der Waals surface area (Å²) in [6.07, 6.45) is 5.32. The maximum absolute atomic E-state index is 11.2. The van der Waals surface area contributed by atoms with Crippen molar-refractivity contribution in [2.75, 3.05) is 23.7 Å². The van der Waals surface area contributed by atoms with Crippen LogP contribution in [0.4, 0.5) is 5.69 Å². The molecule has 10 heteroatoms. The largest absolute Gasteiger partial charge is 0.473 e. The zero-order valence-electron chi connectivity index (χ0n) is 26.3. The van der Waals surface area contributed by atoms with E-state index < -0.39 is 10.1 Å². The maximum Gasteiger partial charge on any atom is 0.264 e. The molecule has 1 spiro atoms. The van der Waals surface area contributed by atoms with E-state index in [1.54, 1.807) is 0 Å². The van der Waals surface area contributed by atoms with Crippen LogP contribution in [0.5, 0.6) is 11.8 Å². The summed E-state index contributed by atoms with van der Waals surface area (Å²) in [7, 11) is -3.89. The number of rotatable bonds is 12. The number of anilines is 1. The molecule has 1 aliphatic heterocycles. The van der Waals surface area contributed by atoms with E-state index in [9.17, 15) is 8.42 Å². The fourth-order valence-corrected chi connectivity index (χ4v) is 7.68. The number of benzene rings is 3. The van der Waals surface area contributed by atoms with E-state index in [1.807, 2.05) is 72.8 Å². The fraction of sp³-hybridized carbons (Fsp3) is 0.351. The third-order valence-corrected chi connectivity index (χ3v) is 10.5. The van der Waals surface area contributed by atoms with Crippen molar-refractivity contribution < 1.29 is 22.4 Å². The molecule has 244 valence electrons. The van der Waals surface area contributed by atoms with Crippen LogP contribution in [-0.2, 0) is 29.8 Å². The van der Waals surface area contributed by atoms with Gasteiger partial charge in [-0.25, -0.2) is 0 Å². The van der Waals surface area contributed by atoms with Gasteiger partial charge in [-0.2, -0.15) is 18.5 Å². The highest BCUT2D eigenvalue weighted by atomic mass is 32.2. The van der Waals surface area contributed by atoms with Gasteiger partial charge in [0.2, 0.25) is 11.8 Å². The molecule has 0 atom stereocenters. The minimum Gasteiger partial charge on any atom is -0.473 e. The summed E-state index contributed by atoms with van der Waals surface area (Å²) in [6, 6.07) is 30.4. The highest BCUT2D eigenvalue weighted by molar-refractivity contribution is 7.85. The highest BCUT2D eigenvalue weighted by Crippen LogP contribution is 2.48. The smallest absolute Gasteiger partial charge is 0.264 e. The molecule has 7 rings (SSSR count). The lowest BCUT2D eigenvalue weighted by atomic mass is 9.65. The predicted octanol–water partition coefficient (Wildman–Crippen LogP) is 6.98. The standard InChI is InChI=1S/C37H40N4O5S/c42-47(43,44)21-18-27-16-19-37(20-17-27)25-41(26-37)33-13-7-12-31-32(39-40-35(31)33)22-30-14-15-34(45-23-28-8-3-1-4-9-28)38-36(30)46-24-29-10-5-2-6-11-29/h1-15,27H,16-26H2,(H,39,40)(H,42,43,44). The molecule has 2 N–H and O–H groups in total. The molecular formula is C37H40N4O5S. The second kappa shape index (κ2) is 13.4. The molecule has 9 nitrogen and oxygen atoms in total. The van der Waals surface area contributed by atoms with Crippen LogP contribution in [0.2, 0.25) is 0 Å². The number of aromatic nitrogens is 3. The number of pyridine rings is 1. The molecule has 1 saturated carbocycles. The Kier molecular flexibility index (Phi) is 8.88. The first-order valence-corrected chi connectivity index (χ1v) is 17.9. The predicted molar refractivity (Wildman–Crippen MR) is 182 cm³/mol. The Morgan fingerprint density at radius 2 is 1.53 bits per heavy atom. The zero-order chi connectivity index (χ0) is 32.3. The zero-order valence-corrected chi connectivity index (χ0v) is 27.2. The third-order valence-electron chi connectivity index (χ3n) is 9.71. The lowest BCUT2D eigenvalue weighted by molar-refractivity contribution is 0.108.